The molecule has 0 unspecified atom stereocenters. The summed E-state index contributed by atoms with van der Waals surface area (Å²) in [5, 5.41) is 4.16. The van der Waals surface area contributed by atoms with Gasteiger partial charge in [-0.25, -0.2) is 4.98 Å². The minimum atomic E-state index is -0.751. The van der Waals surface area contributed by atoms with Crippen LogP contribution in [0.3, 0.4) is 0 Å². The van der Waals surface area contributed by atoms with Gasteiger partial charge in [0.25, 0.3) is 6.33 Å². The van der Waals surface area contributed by atoms with Gasteiger partial charge in [0.1, 0.15) is 17.3 Å². The van der Waals surface area contributed by atoms with E-state index < -0.39 is 106 Å². The second-order valence-electron chi connectivity index (χ2n) is 25.5. The van der Waals surface area contributed by atoms with Gasteiger partial charge in [-0.2, -0.15) is 0 Å². The molecule has 0 N–H and O–H groups in total. The monoisotopic (exact) mass is 1200 g/mol. The summed E-state index contributed by atoms with van der Waals surface area (Å²) in [5.74, 6) is 1.77. The van der Waals surface area contributed by atoms with Gasteiger partial charge in [-0.15, -0.1) is 0 Å². The summed E-state index contributed by atoms with van der Waals surface area (Å²) in [4.78, 5) is 4.94. The number of nitrogens with zero attached hydrogens (tertiary/aromatic N) is 5. The molecule has 12 aromatic carbocycles. The van der Waals surface area contributed by atoms with Crippen molar-refractivity contribution < 1.29 is 27.1 Å². The molecule has 6 heteroatoms. The van der Waals surface area contributed by atoms with Gasteiger partial charge in [-0.05, 0) is 180 Å². The number of rotatable bonds is 8. The maximum Gasteiger partial charge on any atom is 0.269 e. The van der Waals surface area contributed by atoms with Crippen molar-refractivity contribution in [1.82, 2.24) is 18.7 Å². The number of para-hydroxylation sites is 3. The Balaban J connectivity index is 1.01. The quantitative estimate of drug-likeness (QED) is 0.112. The van der Waals surface area contributed by atoms with E-state index in [4.69, 9.17) is 17.9 Å². The minimum Gasteiger partial charge on any atom is -0.458 e. The summed E-state index contributed by atoms with van der Waals surface area (Å²) in [7, 11) is 0. The smallest absolute Gasteiger partial charge is 0.269 e. The van der Waals surface area contributed by atoms with Crippen molar-refractivity contribution in [3.63, 3.8) is 0 Å². The van der Waals surface area contributed by atoms with E-state index >= 15 is 0 Å². The van der Waals surface area contributed by atoms with Gasteiger partial charge in [0.05, 0.1) is 68.0 Å². The van der Waals surface area contributed by atoms with Crippen molar-refractivity contribution in [3.05, 3.63) is 302 Å². The van der Waals surface area contributed by atoms with Gasteiger partial charge >= 0.3 is 0 Å². The fourth-order valence-electron chi connectivity index (χ4n) is 13.4. The molecular weight excluding hydrogens is 1120 g/mol. The van der Waals surface area contributed by atoms with E-state index in [0.717, 1.165) is 99.7 Å². The van der Waals surface area contributed by atoms with Crippen molar-refractivity contribution in [2.75, 3.05) is 0 Å². The molecule has 0 amide bonds. The van der Waals surface area contributed by atoms with Gasteiger partial charge in [0, 0.05) is 33.8 Å². The molecule has 5 heterocycles. The molecule has 0 radical (unpaired) electrons. The molecule has 0 saturated carbocycles. The molecule has 6 nitrogen and oxygen atoms in total. The average Bonchev–Trinajstić information content (AvgIpc) is 1.61. The molecule has 0 saturated heterocycles. The van der Waals surface area contributed by atoms with Crippen molar-refractivity contribution >= 4 is 54.6 Å². The molecule has 0 bridgehead atoms. The molecule has 0 atom stereocenters. The lowest BCUT2D eigenvalue weighted by atomic mass is 9.83. The van der Waals surface area contributed by atoms with Crippen molar-refractivity contribution in [2.45, 2.75) is 52.4 Å². The van der Waals surface area contributed by atoms with E-state index in [9.17, 15) is 9.60 Å². The molecule has 1 aliphatic heterocycles. The molecule has 1 aliphatic rings. The summed E-state index contributed by atoms with van der Waals surface area (Å²) in [6, 6.07) is 58.1. The Hall–Kier alpha value is -11.3. The van der Waals surface area contributed by atoms with Crippen molar-refractivity contribution in [3.8, 4) is 101 Å². The van der Waals surface area contributed by atoms with Gasteiger partial charge in [0.2, 0.25) is 0 Å². The molecular formula is C86H65N5O. The zero-order chi connectivity index (χ0) is 73.3. The topological polar surface area (TPSA) is 40.8 Å². The molecule has 440 valence electrons. The van der Waals surface area contributed by atoms with Crippen LogP contribution in [0.1, 0.15) is 70.5 Å². The highest BCUT2D eigenvalue weighted by atomic mass is 16.5. The van der Waals surface area contributed by atoms with Gasteiger partial charge in [-0.1, -0.05) is 223 Å². The lowest BCUT2D eigenvalue weighted by Crippen LogP contribution is -2.33. The van der Waals surface area contributed by atoms with Gasteiger partial charge < -0.3 is 9.30 Å². The van der Waals surface area contributed by atoms with Crippen molar-refractivity contribution in [1.29, 1.82) is 0 Å². The highest BCUT2D eigenvalue weighted by Crippen LogP contribution is 2.49. The largest absolute Gasteiger partial charge is 0.458 e. The van der Waals surface area contributed by atoms with Crippen LogP contribution in [0.2, 0.25) is 0 Å². The van der Waals surface area contributed by atoms with Crippen molar-refractivity contribution in [2.24, 2.45) is 0 Å². The standard InChI is InChI=1S/C86H65N5O/c1-85(2,3)61-42-43-87-82(51-61)91-78-39-22-19-36-72(78)73-41-40-65(53-79(73)91)92-64-29-23-28-63(52-64)88-54-89-83-74(47-60(48-80(83)88)59-45-57(55-24-9-7-10-25-55)44-58(46-59)56-26-11-8-12-27-56)68-32-15-13-30-66(68)67-31-14-16-33-69(67)75-49-62(86(4,5)6)50-81(84(75)89)90-76-37-20-17-34-70(76)71-35-18-21-38-77(71)90/h7-53H,1-6H3/i7D,8D,9D,10D,11D,12D,24D,25D,26D,27D,44D,45D,46D. The maximum atomic E-state index is 10.5. The molecule has 0 aliphatic carbocycles. The fourth-order valence-corrected chi connectivity index (χ4v) is 13.4. The second-order valence-corrected chi connectivity index (χ2v) is 25.5. The summed E-state index contributed by atoms with van der Waals surface area (Å²) in [6.07, 6.45) is 5.81. The summed E-state index contributed by atoms with van der Waals surface area (Å²) in [6.45, 7) is 13.2. The fraction of sp³-hybridized carbons (Fsp3) is 0.0930. The number of imidazole rings is 1. The van der Waals surface area contributed by atoms with Crippen LogP contribution < -0.4 is 9.30 Å². The number of hydrogen-bond donors (Lipinski definition) is 0. The first-order valence-corrected chi connectivity index (χ1v) is 30.8. The van der Waals surface area contributed by atoms with Crippen LogP contribution in [0.4, 0.5) is 0 Å². The Morgan fingerprint density at radius 1 is 0.402 bits per heavy atom. The zero-order valence-electron chi connectivity index (χ0n) is 64.3. The normalized spacial score (nSPS) is 14.2. The van der Waals surface area contributed by atoms with Gasteiger partial charge in [-0.3, -0.25) is 13.7 Å². The Bertz CT molecular complexity index is 6260. The third-order valence-corrected chi connectivity index (χ3v) is 17.8. The Morgan fingerprint density at radius 3 is 1.52 bits per heavy atom. The Kier molecular flexibility index (Phi) is 9.78. The number of aromatic nitrogens is 5. The first-order chi connectivity index (χ1) is 50.3. The molecule has 92 heavy (non-hydrogen) atoms. The zero-order valence-corrected chi connectivity index (χ0v) is 51.3. The summed E-state index contributed by atoms with van der Waals surface area (Å²) >= 11 is 0. The first kappa shape index (κ1) is 42.6. The van der Waals surface area contributed by atoms with Crippen LogP contribution >= 0.6 is 0 Å². The number of pyridine rings is 1. The first-order valence-electron chi connectivity index (χ1n) is 37.3. The summed E-state index contributed by atoms with van der Waals surface area (Å²) in [5.41, 5.74) is 11.3. The highest BCUT2D eigenvalue weighted by molar-refractivity contribution is 6.11. The molecule has 0 fully saturated rings. The molecule has 4 aromatic heterocycles. The van der Waals surface area contributed by atoms with E-state index in [1.54, 1.807) is 6.07 Å². The molecule has 17 rings (SSSR count). The number of ether oxygens (including phenoxy) is 1. The van der Waals surface area contributed by atoms with Crippen LogP contribution in [0.5, 0.6) is 11.5 Å². The van der Waals surface area contributed by atoms with Crippen LogP contribution in [0.15, 0.2) is 285 Å². The van der Waals surface area contributed by atoms with Crippen LogP contribution in [0, 0.1) is 6.33 Å². The average molecular weight is 1200 g/mol. The van der Waals surface area contributed by atoms with E-state index in [1.165, 1.54) is 0 Å². The number of benzene rings is 12. The molecule has 0 spiro atoms. The predicted molar refractivity (Wildman–Crippen MR) is 380 cm³/mol. The Morgan fingerprint density at radius 2 is 0.924 bits per heavy atom. The lowest BCUT2D eigenvalue weighted by molar-refractivity contribution is -0.571. The van der Waals surface area contributed by atoms with E-state index in [-0.39, 0.29) is 16.5 Å². The van der Waals surface area contributed by atoms with Gasteiger partial charge in [0.15, 0.2) is 0 Å². The van der Waals surface area contributed by atoms with Crippen LogP contribution in [-0.4, -0.2) is 18.7 Å². The summed E-state index contributed by atoms with van der Waals surface area (Å²) < 4.78 is 137. The van der Waals surface area contributed by atoms with E-state index in [1.807, 2.05) is 108 Å². The highest BCUT2D eigenvalue weighted by Gasteiger charge is 2.31. The molecule has 16 aromatic rings. The third kappa shape index (κ3) is 9.07. The Labute approximate surface area is 554 Å². The third-order valence-electron chi connectivity index (χ3n) is 17.8. The maximum absolute atomic E-state index is 10.5. The SMILES string of the molecule is [2H]c1c([2H])c([2H])c(-c2c([2H])c(-c3cc4c5c(c3)n(-c3cccc(Oc6ccc7c8ccccc8n(-c8cc(C(C)(C)C)ccn8)c7c6)c3)[c-][n+]5-c3c(cc(C(C)(C)C)cc3-n3c5ccccc5c5ccccc53)-c3ccccc3-c3ccccc3-4)c([2H])c(-c3c([2H])c([2H])c([2H])c([2H])c3[2H])c2[2H])c([2H])c1[2H]. The number of fused-ring (bicyclic) bond motifs is 13. The number of hydrogen-bond acceptors (Lipinski definition) is 2. The predicted octanol–water partition coefficient (Wildman–Crippen LogP) is 22.0. The van der Waals surface area contributed by atoms with E-state index in [2.05, 4.69) is 159 Å². The lowest BCUT2D eigenvalue weighted by Gasteiger charge is -2.26. The van der Waals surface area contributed by atoms with Crippen LogP contribution in [0.25, 0.3) is 144 Å². The van der Waals surface area contributed by atoms with E-state index in [0.29, 0.717) is 33.8 Å². The van der Waals surface area contributed by atoms with Crippen LogP contribution in [-0.2, 0) is 10.8 Å². The minimum absolute atomic E-state index is 0.148. The second kappa shape index (κ2) is 21.1.